The van der Waals surface area contributed by atoms with E-state index in [2.05, 4.69) is 54.6 Å². The van der Waals surface area contributed by atoms with Gasteiger partial charge in [0.05, 0.1) is 5.56 Å². The van der Waals surface area contributed by atoms with Crippen LogP contribution in [0.3, 0.4) is 0 Å². The molecule has 0 aliphatic heterocycles. The van der Waals surface area contributed by atoms with Crippen LogP contribution in [-0.4, -0.2) is 0 Å². The van der Waals surface area contributed by atoms with E-state index < -0.39 is 0 Å². The van der Waals surface area contributed by atoms with Crippen molar-refractivity contribution in [3.63, 3.8) is 0 Å². The minimum atomic E-state index is 0.560. The van der Waals surface area contributed by atoms with E-state index in [0.29, 0.717) is 10.6 Å². The fourth-order valence-electron chi connectivity index (χ4n) is 5.94. The van der Waals surface area contributed by atoms with Crippen LogP contribution in [0.1, 0.15) is 5.56 Å². The van der Waals surface area contributed by atoms with E-state index in [-0.39, 0.29) is 0 Å². The molecule has 0 aliphatic carbocycles. The van der Waals surface area contributed by atoms with Crippen molar-refractivity contribution in [2.24, 2.45) is 0 Å². The summed E-state index contributed by atoms with van der Waals surface area (Å²) in [6, 6.07) is 42.7. The molecule has 6 aromatic carbocycles. The average molecular weight is 546 g/mol. The van der Waals surface area contributed by atoms with Gasteiger partial charge in [0.25, 0.3) is 0 Å². The highest BCUT2D eigenvalue weighted by Crippen LogP contribution is 2.44. The highest BCUT2D eigenvalue weighted by atomic mass is 35.5. The number of nitrogens with zero attached hydrogens (tertiary/aromatic N) is 1. The molecule has 0 spiro atoms. The molecule has 0 radical (unpaired) electrons. The summed E-state index contributed by atoms with van der Waals surface area (Å²) in [6.07, 6.45) is 0. The maximum absolute atomic E-state index is 10.6. The molecule has 0 atom stereocenters. The molecule has 0 saturated heterocycles. The largest absolute Gasteiger partial charge is 0.456 e. The number of fused-ring (bicyclic) bond motifs is 6. The Kier molecular flexibility index (Phi) is 5.25. The normalized spacial score (nSPS) is 11.5. The van der Waals surface area contributed by atoms with E-state index in [1.165, 1.54) is 0 Å². The van der Waals surface area contributed by atoms with Gasteiger partial charge < -0.3 is 8.83 Å². The number of rotatable bonds is 3. The fraction of sp³-hybridized carbons (Fsp3) is 0. The fourth-order valence-corrected chi connectivity index (χ4v) is 6.18. The Morgan fingerprint density at radius 3 is 1.90 bits per heavy atom. The molecule has 3 nitrogen and oxygen atoms in total. The van der Waals surface area contributed by atoms with Crippen molar-refractivity contribution >= 4 is 55.5 Å². The number of para-hydroxylation sites is 2. The van der Waals surface area contributed by atoms with Crippen LogP contribution in [0.2, 0.25) is 5.02 Å². The van der Waals surface area contributed by atoms with E-state index in [0.717, 1.165) is 77.3 Å². The van der Waals surface area contributed by atoms with Gasteiger partial charge in [0, 0.05) is 43.3 Å². The van der Waals surface area contributed by atoms with Gasteiger partial charge in [0.1, 0.15) is 28.4 Å². The maximum Gasteiger partial charge on any atom is 0.136 e. The second kappa shape index (κ2) is 9.13. The highest BCUT2D eigenvalue weighted by Gasteiger charge is 2.20. The van der Waals surface area contributed by atoms with E-state index in [1.807, 2.05) is 72.8 Å². The van der Waals surface area contributed by atoms with Crippen LogP contribution in [0.15, 0.2) is 130 Å². The van der Waals surface area contributed by atoms with Crippen LogP contribution in [0.5, 0.6) is 0 Å². The molecule has 0 aliphatic rings. The smallest absolute Gasteiger partial charge is 0.136 e. The van der Waals surface area contributed by atoms with Gasteiger partial charge in [-0.25, -0.2) is 0 Å². The van der Waals surface area contributed by atoms with Crippen LogP contribution < -0.4 is 0 Å². The topological polar surface area (TPSA) is 50.1 Å². The Bertz CT molecular complexity index is 2350. The van der Waals surface area contributed by atoms with Crippen LogP contribution in [-0.2, 0) is 0 Å². The third-order valence-corrected chi connectivity index (χ3v) is 8.15. The molecule has 0 unspecified atom stereocenters. The molecular formula is C37H20ClNO2. The van der Waals surface area contributed by atoms with Crippen molar-refractivity contribution in [1.82, 2.24) is 0 Å². The molecular weight excluding hydrogens is 526 g/mol. The van der Waals surface area contributed by atoms with E-state index in [4.69, 9.17) is 20.4 Å². The molecule has 192 valence electrons. The lowest BCUT2D eigenvalue weighted by molar-refractivity contribution is 0.668. The SMILES string of the molecule is N#Cc1c(-c2ccccc2Cl)cc(-c2ccc3c(c2)oc2ccccc23)cc1-c1cccc2oc3ccccc3c12. The maximum atomic E-state index is 10.6. The van der Waals surface area contributed by atoms with Gasteiger partial charge in [0.15, 0.2) is 0 Å². The Labute approximate surface area is 240 Å². The Hall–Kier alpha value is -5.30. The summed E-state index contributed by atoms with van der Waals surface area (Å²) in [5.74, 6) is 0. The first-order chi connectivity index (χ1) is 20.2. The number of halogens is 1. The Morgan fingerprint density at radius 2 is 1.10 bits per heavy atom. The lowest BCUT2D eigenvalue weighted by Crippen LogP contribution is -1.94. The van der Waals surface area contributed by atoms with Crippen LogP contribution >= 0.6 is 11.6 Å². The summed E-state index contributed by atoms with van der Waals surface area (Å²) < 4.78 is 12.4. The molecule has 0 saturated carbocycles. The first-order valence-electron chi connectivity index (χ1n) is 13.3. The number of nitriles is 1. The monoisotopic (exact) mass is 545 g/mol. The third-order valence-electron chi connectivity index (χ3n) is 7.82. The van der Waals surface area contributed by atoms with Crippen molar-refractivity contribution in [3.05, 3.63) is 132 Å². The molecule has 0 amide bonds. The van der Waals surface area contributed by atoms with Gasteiger partial charge >= 0.3 is 0 Å². The van der Waals surface area contributed by atoms with E-state index >= 15 is 0 Å². The van der Waals surface area contributed by atoms with Crippen molar-refractivity contribution in [3.8, 4) is 39.4 Å². The molecule has 4 heteroatoms. The number of benzene rings is 6. The van der Waals surface area contributed by atoms with Gasteiger partial charge in [-0.15, -0.1) is 0 Å². The van der Waals surface area contributed by atoms with Crippen molar-refractivity contribution < 1.29 is 8.83 Å². The minimum absolute atomic E-state index is 0.560. The van der Waals surface area contributed by atoms with Crippen LogP contribution in [0, 0.1) is 11.3 Å². The summed E-state index contributed by atoms with van der Waals surface area (Å²) in [5, 5.41) is 15.3. The van der Waals surface area contributed by atoms with E-state index in [9.17, 15) is 5.26 Å². The zero-order chi connectivity index (χ0) is 27.5. The molecule has 41 heavy (non-hydrogen) atoms. The molecule has 0 fully saturated rings. The molecule has 8 rings (SSSR count). The summed E-state index contributed by atoms with van der Waals surface area (Å²) >= 11 is 6.72. The molecule has 2 aromatic heterocycles. The highest BCUT2D eigenvalue weighted by molar-refractivity contribution is 6.33. The minimum Gasteiger partial charge on any atom is -0.456 e. The van der Waals surface area contributed by atoms with Crippen molar-refractivity contribution in [1.29, 1.82) is 5.26 Å². The third kappa shape index (κ3) is 3.66. The molecule has 0 bridgehead atoms. The van der Waals surface area contributed by atoms with Gasteiger partial charge in [-0.1, -0.05) is 84.4 Å². The summed E-state index contributed by atoms with van der Waals surface area (Å²) in [7, 11) is 0. The summed E-state index contributed by atoms with van der Waals surface area (Å²) in [4.78, 5) is 0. The van der Waals surface area contributed by atoms with Crippen LogP contribution in [0.4, 0.5) is 0 Å². The predicted octanol–water partition coefficient (Wildman–Crippen LogP) is 11.0. The Morgan fingerprint density at radius 1 is 0.488 bits per heavy atom. The first-order valence-corrected chi connectivity index (χ1v) is 13.7. The standard InChI is InChI=1S/C37H20ClNO2/c38-32-12-4-1-8-24(32)29-18-23(22-16-17-26-25-9-2-5-13-33(25)41-36(26)20-22)19-30(31(29)21-39)27-11-7-15-35-37(27)28-10-3-6-14-34(28)40-35/h1-20H. The quantitative estimate of drug-likeness (QED) is 0.222. The van der Waals surface area contributed by atoms with Crippen molar-refractivity contribution in [2.45, 2.75) is 0 Å². The zero-order valence-corrected chi connectivity index (χ0v) is 22.4. The van der Waals surface area contributed by atoms with Gasteiger partial charge in [-0.3, -0.25) is 0 Å². The first kappa shape index (κ1) is 23.6. The number of furan rings is 2. The van der Waals surface area contributed by atoms with Crippen LogP contribution in [0.25, 0.3) is 77.3 Å². The predicted molar refractivity (Wildman–Crippen MR) is 167 cm³/mol. The zero-order valence-electron chi connectivity index (χ0n) is 21.7. The number of hydrogen-bond donors (Lipinski definition) is 0. The van der Waals surface area contributed by atoms with Crippen molar-refractivity contribution in [2.75, 3.05) is 0 Å². The Balaban J connectivity index is 1.45. The van der Waals surface area contributed by atoms with Gasteiger partial charge in [-0.2, -0.15) is 5.26 Å². The second-order valence-electron chi connectivity index (χ2n) is 10.1. The molecule has 0 N–H and O–H groups in total. The van der Waals surface area contributed by atoms with Gasteiger partial charge in [0.2, 0.25) is 0 Å². The summed E-state index contributed by atoms with van der Waals surface area (Å²) in [6.45, 7) is 0. The molecule has 2 heterocycles. The lowest BCUT2D eigenvalue weighted by Gasteiger charge is -2.16. The van der Waals surface area contributed by atoms with E-state index in [1.54, 1.807) is 0 Å². The average Bonchev–Trinajstić information content (AvgIpc) is 3.58. The molecule has 8 aromatic rings. The summed E-state index contributed by atoms with van der Waals surface area (Å²) in [5.41, 5.74) is 9.11. The second-order valence-corrected chi connectivity index (χ2v) is 10.5. The number of hydrogen-bond acceptors (Lipinski definition) is 3. The van der Waals surface area contributed by atoms with Gasteiger partial charge in [-0.05, 0) is 65.2 Å². The lowest BCUT2D eigenvalue weighted by atomic mass is 9.87.